The van der Waals surface area contributed by atoms with Gasteiger partial charge in [-0.2, -0.15) is 21.6 Å². The molecule has 0 atom stereocenters. The van der Waals surface area contributed by atoms with Crippen molar-refractivity contribution < 1.29 is 34.9 Å². The molecule has 0 bridgehead atoms. The van der Waals surface area contributed by atoms with Gasteiger partial charge in [-0.1, -0.05) is 25.3 Å². The van der Waals surface area contributed by atoms with Crippen LogP contribution in [0.2, 0.25) is 0 Å². The lowest BCUT2D eigenvalue weighted by Gasteiger charge is -2.35. The first-order valence-electron chi connectivity index (χ1n) is 9.31. The standard InChI is InChI=1S/C18H22F2S2.CHF3O3S/c1-2-18(7-4-3-5-8-18)13-11-14(19)16(15(20)12-13)17-21-9-6-10-22-17;2-1(3,4)8(5,6)7/h2,11-12,17H,1,3-10H2;(H,5,6,7). The van der Waals surface area contributed by atoms with E-state index in [1.54, 1.807) is 35.7 Å². The van der Waals surface area contributed by atoms with E-state index in [1.807, 2.05) is 6.08 Å². The van der Waals surface area contributed by atoms with Gasteiger partial charge in [0.2, 0.25) is 0 Å². The van der Waals surface area contributed by atoms with Crippen molar-refractivity contribution in [3.63, 3.8) is 0 Å². The molecule has 0 unspecified atom stereocenters. The molecule has 1 N–H and O–H groups in total. The third kappa shape index (κ3) is 6.14. The maximum Gasteiger partial charge on any atom is 0.522 e. The summed E-state index contributed by atoms with van der Waals surface area (Å²) in [6.07, 6.45) is 8.32. The number of alkyl halides is 3. The molecule has 0 radical (unpaired) electrons. The van der Waals surface area contributed by atoms with Crippen molar-refractivity contribution in [1.29, 1.82) is 0 Å². The fourth-order valence-corrected chi connectivity index (χ4v) is 6.52. The van der Waals surface area contributed by atoms with Crippen molar-refractivity contribution in [3.05, 3.63) is 47.5 Å². The van der Waals surface area contributed by atoms with E-state index in [0.29, 0.717) is 0 Å². The van der Waals surface area contributed by atoms with Gasteiger partial charge >= 0.3 is 15.6 Å². The van der Waals surface area contributed by atoms with Crippen LogP contribution in [0.3, 0.4) is 0 Å². The van der Waals surface area contributed by atoms with Crippen molar-refractivity contribution in [3.8, 4) is 0 Å². The highest BCUT2D eigenvalue weighted by Crippen LogP contribution is 2.47. The zero-order chi connectivity index (χ0) is 22.6. The Balaban J connectivity index is 0.000000343. The van der Waals surface area contributed by atoms with Gasteiger partial charge in [-0.25, -0.2) is 8.78 Å². The van der Waals surface area contributed by atoms with Crippen LogP contribution in [0.15, 0.2) is 24.8 Å². The predicted molar refractivity (Wildman–Crippen MR) is 111 cm³/mol. The summed E-state index contributed by atoms with van der Waals surface area (Å²) in [5, 5.41) is 0. The SMILES string of the molecule is C=CC1(c2cc(F)c(C3SCCCS3)c(F)c2)CCCCC1.O=S(=O)(O)C(F)(F)F. The summed E-state index contributed by atoms with van der Waals surface area (Å²) >= 11 is 3.31. The summed E-state index contributed by atoms with van der Waals surface area (Å²) in [7, 11) is -5.84. The van der Waals surface area contributed by atoms with Gasteiger partial charge in [0.05, 0.1) is 4.58 Å². The second-order valence-corrected chi connectivity index (χ2v) is 11.3. The Hall–Kier alpha value is -0.780. The van der Waals surface area contributed by atoms with Gasteiger partial charge in [-0.3, -0.25) is 4.55 Å². The number of allylic oxidation sites excluding steroid dienone is 1. The number of rotatable bonds is 3. The lowest BCUT2D eigenvalue weighted by molar-refractivity contribution is -0.0510. The predicted octanol–water partition coefficient (Wildman–Crippen LogP) is 6.62. The van der Waals surface area contributed by atoms with Crippen LogP contribution < -0.4 is 0 Å². The van der Waals surface area contributed by atoms with E-state index < -0.39 is 15.6 Å². The van der Waals surface area contributed by atoms with E-state index in [1.165, 1.54) is 6.42 Å². The molecule has 1 saturated carbocycles. The molecule has 1 saturated heterocycles. The molecule has 1 heterocycles. The molecule has 3 nitrogen and oxygen atoms in total. The topological polar surface area (TPSA) is 54.4 Å². The average molecular weight is 491 g/mol. The number of thioether (sulfide) groups is 2. The Morgan fingerprint density at radius 3 is 1.90 bits per heavy atom. The fraction of sp³-hybridized carbons (Fsp3) is 0.579. The first kappa shape index (κ1) is 25.5. The first-order chi connectivity index (χ1) is 13.9. The lowest BCUT2D eigenvalue weighted by atomic mass is 9.69. The molecule has 2 aliphatic rings. The largest absolute Gasteiger partial charge is 0.522 e. The van der Waals surface area contributed by atoms with Crippen molar-refractivity contribution in [2.45, 2.75) is 54.0 Å². The summed E-state index contributed by atoms with van der Waals surface area (Å²) in [6, 6.07) is 3.14. The van der Waals surface area contributed by atoms with E-state index >= 15 is 0 Å². The van der Waals surface area contributed by atoms with E-state index in [-0.39, 0.29) is 27.2 Å². The molecule has 3 rings (SSSR count). The molecule has 11 heteroatoms. The zero-order valence-electron chi connectivity index (χ0n) is 16.1. The highest BCUT2D eigenvalue weighted by atomic mass is 32.2. The van der Waals surface area contributed by atoms with Crippen molar-refractivity contribution in [2.24, 2.45) is 0 Å². The number of hydrogen-bond acceptors (Lipinski definition) is 4. The van der Waals surface area contributed by atoms with Gasteiger partial charge < -0.3 is 0 Å². The van der Waals surface area contributed by atoms with E-state index in [9.17, 15) is 22.0 Å². The van der Waals surface area contributed by atoms with Crippen molar-refractivity contribution in [1.82, 2.24) is 0 Å². The fourth-order valence-electron chi connectivity index (χ4n) is 3.54. The first-order valence-corrected chi connectivity index (χ1v) is 12.8. The van der Waals surface area contributed by atoms with Crippen LogP contribution in [0.5, 0.6) is 0 Å². The average Bonchev–Trinajstić information content (AvgIpc) is 2.68. The van der Waals surface area contributed by atoms with Crippen LogP contribution in [-0.2, 0) is 15.5 Å². The summed E-state index contributed by atoms with van der Waals surface area (Å²) in [5.41, 5.74) is -4.75. The van der Waals surface area contributed by atoms with Crippen LogP contribution in [0.1, 0.15) is 54.2 Å². The van der Waals surface area contributed by atoms with E-state index in [4.69, 9.17) is 13.0 Å². The molecule has 30 heavy (non-hydrogen) atoms. The minimum Gasteiger partial charge on any atom is -0.279 e. The summed E-state index contributed by atoms with van der Waals surface area (Å²) < 4.78 is 86.8. The number of benzene rings is 1. The van der Waals surface area contributed by atoms with Gasteiger partial charge in [-0.15, -0.1) is 30.1 Å². The van der Waals surface area contributed by atoms with Crippen molar-refractivity contribution in [2.75, 3.05) is 11.5 Å². The zero-order valence-corrected chi connectivity index (χ0v) is 18.5. The van der Waals surface area contributed by atoms with Crippen LogP contribution >= 0.6 is 23.5 Å². The van der Waals surface area contributed by atoms with Crippen molar-refractivity contribution >= 4 is 33.6 Å². The second-order valence-electron chi connectivity index (χ2n) is 7.12. The molecular weight excluding hydrogens is 467 g/mol. The molecule has 0 aromatic heterocycles. The Morgan fingerprint density at radius 2 is 1.50 bits per heavy atom. The van der Waals surface area contributed by atoms with Gasteiger partial charge in [0.1, 0.15) is 11.6 Å². The summed E-state index contributed by atoms with van der Waals surface area (Å²) in [5.74, 6) is 1.20. The highest BCUT2D eigenvalue weighted by molar-refractivity contribution is 8.16. The third-order valence-corrected chi connectivity index (χ3v) is 8.67. The second kappa shape index (κ2) is 10.2. The maximum absolute atomic E-state index is 14.7. The smallest absolute Gasteiger partial charge is 0.279 e. The molecule has 1 aliphatic heterocycles. The normalized spacial score (nSPS) is 20.2. The highest BCUT2D eigenvalue weighted by Gasteiger charge is 2.44. The van der Waals surface area contributed by atoms with Crippen LogP contribution in [0, 0.1) is 11.6 Å². The molecule has 1 aromatic rings. The van der Waals surface area contributed by atoms with E-state index in [0.717, 1.165) is 49.2 Å². The molecule has 2 fully saturated rings. The van der Waals surface area contributed by atoms with E-state index in [2.05, 4.69) is 6.58 Å². The number of halogens is 5. The number of hydrogen-bond donors (Lipinski definition) is 1. The molecule has 1 aromatic carbocycles. The lowest BCUT2D eigenvalue weighted by Crippen LogP contribution is -2.27. The van der Waals surface area contributed by atoms with Gasteiger partial charge in [0, 0.05) is 11.0 Å². The summed E-state index contributed by atoms with van der Waals surface area (Å²) in [6.45, 7) is 3.95. The molecule has 0 spiro atoms. The van der Waals surface area contributed by atoms with Gasteiger partial charge in [0.25, 0.3) is 0 Å². The van der Waals surface area contributed by atoms with Gasteiger partial charge in [0.15, 0.2) is 0 Å². The van der Waals surface area contributed by atoms with Gasteiger partial charge in [-0.05, 0) is 48.5 Å². The Bertz CT molecular complexity index is 820. The Labute approximate surface area is 181 Å². The molecular formula is C19H23F5O3S3. The molecule has 1 aliphatic carbocycles. The monoisotopic (exact) mass is 490 g/mol. The third-order valence-electron chi connectivity index (χ3n) is 5.15. The molecule has 0 amide bonds. The molecule has 170 valence electrons. The summed E-state index contributed by atoms with van der Waals surface area (Å²) in [4.78, 5) is 0. The van der Waals surface area contributed by atoms with Crippen LogP contribution in [0.4, 0.5) is 22.0 Å². The quantitative estimate of drug-likeness (QED) is 0.223. The maximum atomic E-state index is 14.7. The van der Waals surface area contributed by atoms with Crippen LogP contribution in [0.25, 0.3) is 0 Å². The minimum absolute atomic E-state index is 0.103. The van der Waals surface area contributed by atoms with Crippen LogP contribution in [-0.4, -0.2) is 30.0 Å². The minimum atomic E-state index is -5.84. The Kier molecular flexibility index (Phi) is 8.68. The Morgan fingerprint density at radius 1 is 1.03 bits per heavy atom.